The van der Waals surface area contributed by atoms with Crippen molar-refractivity contribution < 1.29 is 9.72 Å². The number of nitro groups is 1. The van der Waals surface area contributed by atoms with Crippen LogP contribution in [0.4, 0.5) is 5.69 Å². The Morgan fingerprint density at radius 3 is 2.60 bits per heavy atom. The second-order valence-corrected chi connectivity index (χ2v) is 8.68. The van der Waals surface area contributed by atoms with E-state index in [1.807, 2.05) is 37.3 Å². The number of carbonyl (C=O) groups is 1. The molecule has 152 valence electrons. The first-order chi connectivity index (χ1) is 14.3. The number of hydrogen-bond acceptors (Lipinski definition) is 6. The molecule has 0 radical (unpaired) electrons. The molecule has 1 atom stereocenters. The third kappa shape index (κ3) is 4.64. The van der Waals surface area contributed by atoms with Crippen LogP contribution < -0.4 is 5.32 Å². The Kier molecular flexibility index (Phi) is 6.75. The summed E-state index contributed by atoms with van der Waals surface area (Å²) in [4.78, 5) is 23.0. The number of halogens is 1. The Hall–Kier alpha value is -2.89. The average Bonchev–Trinajstić information content (AvgIpc) is 2.72. The van der Waals surface area contributed by atoms with Gasteiger partial charge >= 0.3 is 0 Å². The molecule has 0 aromatic heterocycles. The topological polar surface area (TPSA) is 96.0 Å². The van der Waals surface area contributed by atoms with E-state index in [9.17, 15) is 20.2 Å². The Bertz CT molecular complexity index is 1120. The Morgan fingerprint density at radius 2 is 2.00 bits per heavy atom. The highest BCUT2D eigenvalue weighted by molar-refractivity contribution is 9.10. The molecule has 1 aliphatic rings. The van der Waals surface area contributed by atoms with Gasteiger partial charge in [-0.1, -0.05) is 40.2 Å². The van der Waals surface area contributed by atoms with Crippen molar-refractivity contribution in [2.45, 2.75) is 25.5 Å². The van der Waals surface area contributed by atoms with Gasteiger partial charge in [-0.2, -0.15) is 5.26 Å². The van der Waals surface area contributed by atoms with Crippen LogP contribution in [0.15, 0.2) is 74.9 Å². The Morgan fingerprint density at radius 1 is 1.30 bits per heavy atom. The van der Waals surface area contributed by atoms with Crippen LogP contribution in [0.25, 0.3) is 0 Å². The number of hydrogen-bond donors (Lipinski definition) is 1. The first-order valence-corrected chi connectivity index (χ1v) is 10.8. The van der Waals surface area contributed by atoms with Gasteiger partial charge in [-0.25, -0.2) is 0 Å². The lowest BCUT2D eigenvalue weighted by atomic mass is 9.81. The zero-order valence-electron chi connectivity index (χ0n) is 16.3. The summed E-state index contributed by atoms with van der Waals surface area (Å²) in [5.41, 5.74) is 3.39. The van der Waals surface area contributed by atoms with Crippen LogP contribution in [-0.2, 0) is 10.5 Å². The fourth-order valence-electron chi connectivity index (χ4n) is 3.40. The van der Waals surface area contributed by atoms with E-state index in [1.165, 1.54) is 30.8 Å². The van der Waals surface area contributed by atoms with Crippen molar-refractivity contribution in [3.63, 3.8) is 0 Å². The van der Waals surface area contributed by atoms with Gasteiger partial charge in [0.05, 0.1) is 27.5 Å². The second-order valence-electron chi connectivity index (χ2n) is 6.77. The molecule has 8 heteroatoms. The number of nitro benzene ring substituents is 1. The smallest absolute Gasteiger partial charge is 0.269 e. The summed E-state index contributed by atoms with van der Waals surface area (Å²) in [5, 5.41) is 24.8. The van der Waals surface area contributed by atoms with Crippen molar-refractivity contribution in [2.75, 3.05) is 0 Å². The van der Waals surface area contributed by atoms with Crippen molar-refractivity contribution >= 4 is 39.2 Å². The molecule has 2 aromatic rings. The van der Waals surface area contributed by atoms with Gasteiger partial charge in [0.2, 0.25) is 0 Å². The summed E-state index contributed by atoms with van der Waals surface area (Å²) in [6.45, 7) is 3.33. The van der Waals surface area contributed by atoms with Crippen LogP contribution in [-0.4, -0.2) is 10.7 Å². The molecule has 1 N–H and O–H groups in total. The van der Waals surface area contributed by atoms with Crippen LogP contribution in [0.1, 0.15) is 30.9 Å². The summed E-state index contributed by atoms with van der Waals surface area (Å²) in [7, 11) is 0. The molecular formula is C22H18BrN3O3S. The molecule has 0 bridgehead atoms. The van der Waals surface area contributed by atoms with Crippen molar-refractivity contribution in [2.24, 2.45) is 0 Å². The summed E-state index contributed by atoms with van der Waals surface area (Å²) >= 11 is 4.81. The zero-order valence-corrected chi connectivity index (χ0v) is 18.7. The Balaban J connectivity index is 1.98. The third-order valence-corrected chi connectivity index (χ3v) is 6.35. The lowest BCUT2D eigenvalue weighted by Gasteiger charge is -2.29. The molecule has 6 nitrogen and oxygen atoms in total. The molecule has 0 aliphatic carbocycles. The predicted octanol–water partition coefficient (Wildman–Crippen LogP) is 5.58. The molecule has 30 heavy (non-hydrogen) atoms. The Labute approximate surface area is 187 Å². The number of non-ortho nitro benzene ring substituents is 1. The van der Waals surface area contributed by atoms with E-state index in [1.54, 1.807) is 6.07 Å². The first kappa shape index (κ1) is 21.8. The number of nitriles is 1. The lowest BCUT2D eigenvalue weighted by Crippen LogP contribution is -2.27. The van der Waals surface area contributed by atoms with Crippen LogP contribution in [0.5, 0.6) is 0 Å². The highest BCUT2D eigenvalue weighted by Gasteiger charge is 2.33. The van der Waals surface area contributed by atoms with Gasteiger partial charge in [-0.05, 0) is 37.1 Å². The van der Waals surface area contributed by atoms with E-state index in [0.717, 1.165) is 15.6 Å². The maximum Gasteiger partial charge on any atom is 0.269 e. The van der Waals surface area contributed by atoms with E-state index < -0.39 is 10.8 Å². The van der Waals surface area contributed by atoms with E-state index in [4.69, 9.17) is 0 Å². The largest absolute Gasteiger partial charge is 0.353 e. The number of rotatable bonds is 6. The molecule has 0 spiro atoms. The standard InChI is InChI=1S/C22H18BrN3O3S/c1-13-20(14(2)27)21(16-6-8-17(23)9-7-16)19(11-24)22(25-13)30-12-15-4-3-5-18(10-15)26(28)29/h3-10,21,25H,12H2,1-2H3/t21-/m1/s1. The molecule has 0 saturated heterocycles. The average molecular weight is 484 g/mol. The maximum atomic E-state index is 12.4. The monoisotopic (exact) mass is 483 g/mol. The minimum atomic E-state index is -0.463. The molecule has 0 unspecified atom stereocenters. The zero-order chi connectivity index (χ0) is 21.8. The molecule has 1 aliphatic heterocycles. The van der Waals surface area contributed by atoms with Gasteiger partial charge < -0.3 is 5.32 Å². The molecule has 3 rings (SSSR count). The van der Waals surface area contributed by atoms with Gasteiger partial charge in [0.25, 0.3) is 5.69 Å². The van der Waals surface area contributed by atoms with Crippen LogP contribution >= 0.6 is 27.7 Å². The van der Waals surface area contributed by atoms with E-state index in [0.29, 0.717) is 27.6 Å². The molecular weight excluding hydrogens is 466 g/mol. The SMILES string of the molecule is CC(=O)C1=C(C)NC(SCc2cccc([N+](=O)[O-])c2)=C(C#N)[C@H]1c1ccc(Br)cc1. The van der Waals surface area contributed by atoms with E-state index in [2.05, 4.69) is 27.3 Å². The van der Waals surface area contributed by atoms with E-state index >= 15 is 0 Å². The van der Waals surface area contributed by atoms with Crippen LogP contribution in [0, 0.1) is 21.4 Å². The van der Waals surface area contributed by atoms with Crippen molar-refractivity contribution in [1.82, 2.24) is 5.32 Å². The number of thioether (sulfide) groups is 1. The molecule has 0 saturated carbocycles. The summed E-state index contributed by atoms with van der Waals surface area (Å²) in [5.74, 6) is -0.108. The van der Waals surface area contributed by atoms with Crippen LogP contribution in [0.2, 0.25) is 0 Å². The number of nitrogens with zero attached hydrogens (tertiary/aromatic N) is 2. The third-order valence-electron chi connectivity index (χ3n) is 4.73. The summed E-state index contributed by atoms with van der Waals surface area (Å²) < 4.78 is 0.910. The van der Waals surface area contributed by atoms with Gasteiger partial charge in [0, 0.05) is 33.6 Å². The van der Waals surface area contributed by atoms with Crippen molar-refractivity contribution in [3.05, 3.63) is 96.1 Å². The predicted molar refractivity (Wildman–Crippen MR) is 120 cm³/mol. The van der Waals surface area contributed by atoms with E-state index in [-0.39, 0.29) is 11.5 Å². The van der Waals surface area contributed by atoms with Crippen molar-refractivity contribution in [3.8, 4) is 6.07 Å². The van der Waals surface area contributed by atoms with Crippen LogP contribution in [0.3, 0.4) is 0 Å². The summed E-state index contributed by atoms with van der Waals surface area (Å²) in [6.07, 6.45) is 0. The normalized spacial score (nSPS) is 16.1. The van der Waals surface area contributed by atoms with Crippen molar-refractivity contribution in [1.29, 1.82) is 5.26 Å². The van der Waals surface area contributed by atoms with Gasteiger partial charge in [0.15, 0.2) is 5.78 Å². The number of nitrogens with one attached hydrogen (secondary N) is 1. The second kappa shape index (κ2) is 9.28. The number of Topliss-reactive ketones (excluding diaryl/α,β-unsaturated/α-hetero) is 1. The maximum absolute atomic E-state index is 12.4. The quantitative estimate of drug-likeness (QED) is 0.425. The lowest BCUT2D eigenvalue weighted by molar-refractivity contribution is -0.384. The fourth-order valence-corrected chi connectivity index (χ4v) is 4.70. The number of carbonyl (C=O) groups excluding carboxylic acids is 1. The minimum absolute atomic E-state index is 0.0295. The number of dihydropyridines is 1. The highest BCUT2D eigenvalue weighted by atomic mass is 79.9. The number of allylic oxidation sites excluding steroid dienone is 3. The molecule has 2 aromatic carbocycles. The van der Waals surface area contributed by atoms with Gasteiger partial charge in [0.1, 0.15) is 0 Å². The number of ketones is 1. The molecule has 1 heterocycles. The molecule has 0 fully saturated rings. The fraction of sp³-hybridized carbons (Fsp3) is 0.182. The van der Waals surface area contributed by atoms with Gasteiger partial charge in [-0.15, -0.1) is 11.8 Å². The minimum Gasteiger partial charge on any atom is -0.353 e. The molecule has 0 amide bonds. The number of benzene rings is 2. The first-order valence-electron chi connectivity index (χ1n) is 9.06. The highest BCUT2D eigenvalue weighted by Crippen LogP contribution is 2.41. The van der Waals surface area contributed by atoms with Gasteiger partial charge in [-0.3, -0.25) is 14.9 Å². The summed E-state index contributed by atoms with van der Waals surface area (Å²) in [6, 6.07) is 16.3.